The Labute approximate surface area is 130 Å². The second kappa shape index (κ2) is 6.48. The molecule has 4 N–H and O–H groups in total. The van der Waals surface area contributed by atoms with Crippen LogP contribution < -0.4 is 16.0 Å². The summed E-state index contributed by atoms with van der Waals surface area (Å²) in [6.07, 6.45) is 4.82. The summed E-state index contributed by atoms with van der Waals surface area (Å²) in [6, 6.07) is 8.11. The van der Waals surface area contributed by atoms with Crippen LogP contribution in [0.2, 0.25) is 0 Å². The molecule has 0 bridgehead atoms. The van der Waals surface area contributed by atoms with E-state index in [0.717, 1.165) is 24.1 Å². The smallest absolute Gasteiger partial charge is 0.279 e. The maximum absolute atomic E-state index is 12.2. The molecule has 3 atom stereocenters. The predicted molar refractivity (Wildman–Crippen MR) is 84.3 cm³/mol. The quantitative estimate of drug-likeness (QED) is 0.769. The molecule has 3 rings (SSSR count). The molecule has 0 spiro atoms. The number of piperazine rings is 1. The van der Waals surface area contributed by atoms with Crippen molar-refractivity contribution in [2.45, 2.75) is 57.2 Å². The van der Waals surface area contributed by atoms with Gasteiger partial charge in [-0.05, 0) is 31.9 Å². The van der Waals surface area contributed by atoms with Gasteiger partial charge in [-0.25, -0.2) is 0 Å². The van der Waals surface area contributed by atoms with Crippen molar-refractivity contribution in [2.75, 3.05) is 5.32 Å². The summed E-state index contributed by atoms with van der Waals surface area (Å²) in [5.74, 6) is -0.100. The number of fused-ring (bicyclic) bond motifs is 1. The van der Waals surface area contributed by atoms with Gasteiger partial charge in [-0.2, -0.15) is 0 Å². The van der Waals surface area contributed by atoms with E-state index in [1.54, 1.807) is 0 Å². The normalized spacial score (nSPS) is 27.7. The number of nitrogens with two attached hydrogens (primary N) is 1. The molecular weight excluding hydrogens is 278 g/mol. The average Bonchev–Trinajstić information content (AvgIpc) is 2.50. The van der Waals surface area contributed by atoms with Crippen LogP contribution in [0.3, 0.4) is 0 Å². The van der Waals surface area contributed by atoms with Gasteiger partial charge in [0.05, 0.1) is 12.5 Å². The molecule has 1 aliphatic carbocycles. The Hall–Kier alpha value is -1.88. The number of hydrogen-bond acceptors (Lipinski definition) is 2. The molecule has 1 aliphatic heterocycles. The Bertz CT molecular complexity index is 556. The number of benzene rings is 1. The summed E-state index contributed by atoms with van der Waals surface area (Å²) in [5, 5.41) is 8.07. The minimum Gasteiger partial charge on any atom is -0.342 e. The largest absolute Gasteiger partial charge is 0.342 e. The van der Waals surface area contributed by atoms with E-state index < -0.39 is 0 Å². The number of carbonyl (C=O) groups excluding carboxylic acids is 2. The van der Waals surface area contributed by atoms with Crippen molar-refractivity contribution in [1.29, 1.82) is 0 Å². The maximum atomic E-state index is 12.2. The molecular formula is C17H24N3O2+. The minimum absolute atomic E-state index is 0.00204. The zero-order valence-corrected chi connectivity index (χ0v) is 13.0. The fourth-order valence-electron chi connectivity index (χ4n) is 3.45. The monoisotopic (exact) mass is 302 g/mol. The second-order valence-corrected chi connectivity index (χ2v) is 6.48. The van der Waals surface area contributed by atoms with Gasteiger partial charge in [0, 0.05) is 12.1 Å². The molecule has 0 radical (unpaired) electrons. The Morgan fingerprint density at radius 3 is 2.77 bits per heavy atom. The third kappa shape index (κ3) is 3.47. The molecule has 0 aromatic heterocycles. The highest BCUT2D eigenvalue weighted by atomic mass is 16.2. The SMILES string of the molecule is Cc1ccc(NC(=O)C[C@@H]2[NH2+][C@@H]3CCCC[C@@H]3NC2=O)cc1. The lowest BCUT2D eigenvalue weighted by molar-refractivity contribution is -0.718. The van der Waals surface area contributed by atoms with Crippen LogP contribution in [0, 0.1) is 6.92 Å². The van der Waals surface area contributed by atoms with Crippen LogP contribution in [0.1, 0.15) is 37.7 Å². The predicted octanol–water partition coefficient (Wildman–Crippen LogP) is 0.697. The first kappa shape index (κ1) is 15.0. The van der Waals surface area contributed by atoms with Crippen LogP contribution in [-0.4, -0.2) is 29.9 Å². The first-order valence-electron chi connectivity index (χ1n) is 8.14. The van der Waals surface area contributed by atoms with Gasteiger partial charge in [-0.1, -0.05) is 24.1 Å². The molecule has 2 fully saturated rings. The molecule has 1 aromatic carbocycles. The first-order chi connectivity index (χ1) is 10.6. The van der Waals surface area contributed by atoms with Crippen LogP contribution >= 0.6 is 0 Å². The molecule has 2 amide bonds. The molecule has 1 heterocycles. The second-order valence-electron chi connectivity index (χ2n) is 6.48. The zero-order chi connectivity index (χ0) is 15.5. The maximum Gasteiger partial charge on any atom is 0.279 e. The summed E-state index contributed by atoms with van der Waals surface area (Å²) in [7, 11) is 0. The lowest BCUT2D eigenvalue weighted by Crippen LogP contribution is -3.03. The third-order valence-electron chi connectivity index (χ3n) is 4.70. The van der Waals surface area contributed by atoms with Gasteiger partial charge < -0.3 is 16.0 Å². The van der Waals surface area contributed by atoms with Crippen molar-refractivity contribution in [2.24, 2.45) is 0 Å². The van der Waals surface area contributed by atoms with E-state index in [1.807, 2.05) is 31.2 Å². The molecule has 2 aliphatic rings. The van der Waals surface area contributed by atoms with Crippen LogP contribution in [0.15, 0.2) is 24.3 Å². The number of nitrogens with one attached hydrogen (secondary N) is 2. The molecule has 5 heteroatoms. The molecule has 0 unspecified atom stereocenters. The molecule has 22 heavy (non-hydrogen) atoms. The first-order valence-corrected chi connectivity index (χ1v) is 8.14. The average molecular weight is 302 g/mol. The van der Waals surface area contributed by atoms with Gasteiger partial charge in [-0.3, -0.25) is 9.59 Å². The van der Waals surface area contributed by atoms with Gasteiger partial charge >= 0.3 is 0 Å². The van der Waals surface area contributed by atoms with Gasteiger partial charge in [0.25, 0.3) is 5.91 Å². The van der Waals surface area contributed by atoms with Gasteiger partial charge in [-0.15, -0.1) is 0 Å². The van der Waals surface area contributed by atoms with Crippen molar-refractivity contribution in [3.63, 3.8) is 0 Å². The van der Waals surface area contributed by atoms with Crippen LogP contribution in [0.4, 0.5) is 5.69 Å². The van der Waals surface area contributed by atoms with Crippen molar-refractivity contribution in [1.82, 2.24) is 5.32 Å². The number of rotatable bonds is 3. The molecule has 1 saturated carbocycles. The van der Waals surface area contributed by atoms with Crippen molar-refractivity contribution >= 4 is 17.5 Å². The van der Waals surface area contributed by atoms with E-state index in [0.29, 0.717) is 6.04 Å². The summed E-state index contributed by atoms with van der Waals surface area (Å²) in [6.45, 7) is 2.01. The Balaban J connectivity index is 1.56. The van der Waals surface area contributed by atoms with Gasteiger partial charge in [0.2, 0.25) is 5.91 Å². The van der Waals surface area contributed by atoms with Crippen LogP contribution in [0.25, 0.3) is 0 Å². The molecule has 1 saturated heterocycles. The third-order valence-corrected chi connectivity index (χ3v) is 4.70. The molecule has 118 valence electrons. The lowest BCUT2D eigenvalue weighted by Gasteiger charge is -2.37. The number of carbonyl (C=O) groups is 2. The Morgan fingerprint density at radius 2 is 2.00 bits per heavy atom. The van der Waals surface area contributed by atoms with E-state index in [1.165, 1.54) is 12.8 Å². The van der Waals surface area contributed by atoms with E-state index in [-0.39, 0.29) is 30.3 Å². The highest BCUT2D eigenvalue weighted by Gasteiger charge is 2.40. The summed E-state index contributed by atoms with van der Waals surface area (Å²) in [4.78, 5) is 24.3. The van der Waals surface area contributed by atoms with Gasteiger partial charge in [0.1, 0.15) is 6.04 Å². The lowest BCUT2D eigenvalue weighted by atomic mass is 9.87. The van der Waals surface area contributed by atoms with Crippen molar-refractivity contribution < 1.29 is 14.9 Å². The molecule has 5 nitrogen and oxygen atoms in total. The van der Waals surface area contributed by atoms with E-state index in [9.17, 15) is 9.59 Å². The number of anilines is 1. The summed E-state index contributed by atoms with van der Waals surface area (Å²) in [5.41, 5.74) is 1.93. The number of quaternary nitrogens is 1. The topological polar surface area (TPSA) is 74.8 Å². The van der Waals surface area contributed by atoms with Crippen molar-refractivity contribution in [3.8, 4) is 0 Å². The fourth-order valence-corrected chi connectivity index (χ4v) is 3.45. The highest BCUT2D eigenvalue weighted by Crippen LogP contribution is 2.18. The van der Waals surface area contributed by atoms with Crippen molar-refractivity contribution in [3.05, 3.63) is 29.8 Å². The number of hydrogen-bond donors (Lipinski definition) is 3. The van der Waals surface area contributed by atoms with E-state index in [4.69, 9.17) is 0 Å². The Morgan fingerprint density at radius 1 is 1.27 bits per heavy atom. The van der Waals surface area contributed by atoms with Crippen LogP contribution in [0.5, 0.6) is 0 Å². The Kier molecular flexibility index (Phi) is 4.43. The number of amides is 2. The highest BCUT2D eigenvalue weighted by molar-refractivity contribution is 5.95. The van der Waals surface area contributed by atoms with Crippen LogP contribution in [-0.2, 0) is 9.59 Å². The fraction of sp³-hybridized carbons (Fsp3) is 0.529. The van der Waals surface area contributed by atoms with E-state index in [2.05, 4.69) is 16.0 Å². The van der Waals surface area contributed by atoms with Gasteiger partial charge in [0.15, 0.2) is 6.04 Å². The summed E-state index contributed by atoms with van der Waals surface area (Å²) >= 11 is 0. The number of aryl methyl sites for hydroxylation is 1. The standard InChI is InChI=1S/C17H23N3O2/c1-11-6-8-12(9-7-11)18-16(21)10-15-17(22)20-14-5-3-2-4-13(14)19-15/h6-9,13-15,19H,2-5,10H2,1H3,(H,18,21)(H,20,22)/p+1/t13-,14+,15+/m1/s1. The zero-order valence-electron chi connectivity index (χ0n) is 13.0. The summed E-state index contributed by atoms with van der Waals surface area (Å²) < 4.78 is 0. The molecule has 1 aromatic rings. The van der Waals surface area contributed by atoms with E-state index >= 15 is 0 Å². The minimum atomic E-state index is -0.301.